The lowest BCUT2D eigenvalue weighted by molar-refractivity contribution is -0.123. The maximum Gasteiger partial charge on any atom is 0.268 e. The number of H-pyrrole nitrogens is 1. The van der Waals surface area contributed by atoms with E-state index in [4.69, 9.17) is 4.74 Å². The van der Waals surface area contributed by atoms with Gasteiger partial charge in [-0.25, -0.2) is 0 Å². The van der Waals surface area contributed by atoms with Crippen LogP contribution in [0.3, 0.4) is 0 Å². The number of carbonyl (C=O) groups excluding carboxylic acids is 2. The molecule has 1 aromatic heterocycles. The van der Waals surface area contributed by atoms with E-state index in [0.29, 0.717) is 24.6 Å². The SMILES string of the molecule is Cc1c(C(=O)NC(CCC2CC2)C(=O)NCc2ccc(CN3CCOCC3)cc2)[nH]c2ccccc12. The molecule has 5 rings (SSSR count). The van der Waals surface area contributed by atoms with Gasteiger partial charge >= 0.3 is 0 Å². The number of amides is 2. The number of hydrogen-bond donors (Lipinski definition) is 3. The summed E-state index contributed by atoms with van der Waals surface area (Å²) in [6, 6.07) is 15.7. The van der Waals surface area contributed by atoms with Crippen LogP contribution in [0.15, 0.2) is 48.5 Å². The van der Waals surface area contributed by atoms with Crippen LogP contribution in [-0.2, 0) is 22.6 Å². The zero-order valence-corrected chi connectivity index (χ0v) is 21.0. The number of fused-ring (bicyclic) bond motifs is 1. The molecule has 1 saturated heterocycles. The van der Waals surface area contributed by atoms with Gasteiger partial charge in [0.2, 0.25) is 5.91 Å². The third-order valence-electron chi connectivity index (χ3n) is 7.37. The second-order valence-electron chi connectivity index (χ2n) is 10.1. The number of aryl methyl sites for hydroxylation is 1. The average molecular weight is 489 g/mol. The topological polar surface area (TPSA) is 86.5 Å². The molecule has 2 fully saturated rings. The monoisotopic (exact) mass is 488 g/mol. The summed E-state index contributed by atoms with van der Waals surface area (Å²) in [6.07, 6.45) is 4.06. The van der Waals surface area contributed by atoms with Gasteiger partial charge in [0.05, 0.1) is 13.2 Å². The summed E-state index contributed by atoms with van der Waals surface area (Å²) in [6.45, 7) is 6.81. The van der Waals surface area contributed by atoms with Gasteiger partial charge in [0.15, 0.2) is 0 Å². The smallest absolute Gasteiger partial charge is 0.268 e. The number of aromatic amines is 1. The van der Waals surface area contributed by atoms with Crippen LogP contribution in [0.5, 0.6) is 0 Å². The number of aromatic nitrogens is 1. The molecule has 2 heterocycles. The van der Waals surface area contributed by atoms with Crippen molar-refractivity contribution in [2.75, 3.05) is 26.3 Å². The van der Waals surface area contributed by atoms with Gasteiger partial charge in [-0.05, 0) is 48.4 Å². The Morgan fingerprint density at radius 1 is 1.06 bits per heavy atom. The van der Waals surface area contributed by atoms with E-state index in [-0.39, 0.29) is 11.8 Å². The second kappa shape index (κ2) is 11.3. The largest absolute Gasteiger partial charge is 0.379 e. The van der Waals surface area contributed by atoms with Gasteiger partial charge in [0, 0.05) is 37.1 Å². The highest BCUT2D eigenvalue weighted by atomic mass is 16.5. The van der Waals surface area contributed by atoms with E-state index in [1.165, 1.54) is 18.4 Å². The Bertz CT molecular complexity index is 1190. The van der Waals surface area contributed by atoms with Gasteiger partial charge in [-0.3, -0.25) is 14.5 Å². The molecule has 1 aliphatic heterocycles. The molecule has 1 atom stereocenters. The van der Waals surface area contributed by atoms with Crippen molar-refractivity contribution in [3.63, 3.8) is 0 Å². The first-order valence-corrected chi connectivity index (χ1v) is 13.1. The van der Waals surface area contributed by atoms with Crippen LogP contribution in [0.2, 0.25) is 0 Å². The van der Waals surface area contributed by atoms with Crippen LogP contribution in [0, 0.1) is 12.8 Å². The normalized spacial score (nSPS) is 17.1. The second-order valence-corrected chi connectivity index (χ2v) is 10.1. The fraction of sp³-hybridized carbons (Fsp3) is 0.448. The average Bonchev–Trinajstić information content (AvgIpc) is 3.68. The maximum absolute atomic E-state index is 13.2. The first-order chi connectivity index (χ1) is 17.6. The molecule has 1 unspecified atom stereocenters. The summed E-state index contributed by atoms with van der Waals surface area (Å²) in [5.74, 6) is 0.327. The van der Waals surface area contributed by atoms with Crippen LogP contribution in [-0.4, -0.2) is 54.0 Å². The van der Waals surface area contributed by atoms with Gasteiger partial charge in [-0.2, -0.15) is 0 Å². The molecule has 0 bridgehead atoms. The van der Waals surface area contributed by atoms with E-state index in [1.807, 2.05) is 31.2 Å². The van der Waals surface area contributed by atoms with Crippen molar-refractivity contribution < 1.29 is 14.3 Å². The van der Waals surface area contributed by atoms with Crippen molar-refractivity contribution in [1.82, 2.24) is 20.5 Å². The molecule has 7 nitrogen and oxygen atoms in total. The third-order valence-corrected chi connectivity index (χ3v) is 7.37. The summed E-state index contributed by atoms with van der Waals surface area (Å²) in [7, 11) is 0. The Balaban J connectivity index is 1.19. The summed E-state index contributed by atoms with van der Waals surface area (Å²) >= 11 is 0. The van der Waals surface area contributed by atoms with Gasteiger partial charge in [0.25, 0.3) is 5.91 Å². The maximum atomic E-state index is 13.2. The first-order valence-electron chi connectivity index (χ1n) is 13.1. The van der Waals surface area contributed by atoms with Crippen molar-refractivity contribution in [3.05, 3.63) is 70.9 Å². The minimum atomic E-state index is -0.551. The zero-order chi connectivity index (χ0) is 24.9. The fourth-order valence-corrected chi connectivity index (χ4v) is 4.91. The lowest BCUT2D eigenvalue weighted by atomic mass is 10.1. The number of carbonyl (C=O) groups is 2. The molecule has 1 aliphatic carbocycles. The van der Waals surface area contributed by atoms with Crippen molar-refractivity contribution in [3.8, 4) is 0 Å². The molecule has 1 saturated carbocycles. The number of hydrogen-bond acceptors (Lipinski definition) is 4. The molecule has 36 heavy (non-hydrogen) atoms. The molecule has 3 N–H and O–H groups in total. The molecule has 7 heteroatoms. The molecular formula is C29H36N4O3. The Kier molecular flexibility index (Phi) is 7.68. The first kappa shape index (κ1) is 24.5. The number of ether oxygens (including phenoxy) is 1. The van der Waals surface area contributed by atoms with Crippen molar-refractivity contribution in [2.24, 2.45) is 5.92 Å². The van der Waals surface area contributed by atoms with E-state index in [2.05, 4.69) is 44.8 Å². The van der Waals surface area contributed by atoms with Crippen molar-refractivity contribution in [1.29, 1.82) is 0 Å². The number of benzene rings is 2. The molecule has 2 aromatic carbocycles. The Labute approximate surface area is 212 Å². The van der Waals surface area contributed by atoms with Gasteiger partial charge in [-0.1, -0.05) is 55.3 Å². The molecule has 190 valence electrons. The van der Waals surface area contributed by atoms with Gasteiger partial charge in [-0.15, -0.1) is 0 Å². The number of morpholine rings is 1. The summed E-state index contributed by atoms with van der Waals surface area (Å²) in [5, 5.41) is 7.09. The van der Waals surface area contributed by atoms with Crippen LogP contribution in [0.25, 0.3) is 10.9 Å². The van der Waals surface area contributed by atoms with Gasteiger partial charge < -0.3 is 20.4 Å². The van der Waals surface area contributed by atoms with E-state index in [9.17, 15) is 9.59 Å². The van der Waals surface area contributed by atoms with Crippen LogP contribution >= 0.6 is 0 Å². The molecular weight excluding hydrogens is 452 g/mol. The Hall–Kier alpha value is -3.16. The molecule has 0 radical (unpaired) electrons. The highest BCUT2D eigenvalue weighted by Gasteiger charge is 2.27. The van der Waals surface area contributed by atoms with Crippen LogP contribution < -0.4 is 10.6 Å². The predicted molar refractivity (Wildman–Crippen MR) is 141 cm³/mol. The molecule has 0 spiro atoms. The highest BCUT2D eigenvalue weighted by Crippen LogP contribution is 2.34. The van der Waals surface area contributed by atoms with Crippen molar-refractivity contribution in [2.45, 2.75) is 51.7 Å². The summed E-state index contributed by atoms with van der Waals surface area (Å²) in [4.78, 5) is 31.9. The Morgan fingerprint density at radius 3 is 2.50 bits per heavy atom. The predicted octanol–water partition coefficient (Wildman–Crippen LogP) is 3.91. The lowest BCUT2D eigenvalue weighted by Gasteiger charge is -2.26. The van der Waals surface area contributed by atoms with E-state index in [1.54, 1.807) is 0 Å². The zero-order valence-electron chi connectivity index (χ0n) is 21.0. The summed E-state index contributed by atoms with van der Waals surface area (Å²) < 4.78 is 5.42. The standard InChI is InChI=1S/C29H36N4O3/c1-20-24-4-2-3-5-25(24)31-27(20)29(35)32-26(13-12-21-6-7-21)28(34)30-18-22-8-10-23(11-9-22)19-33-14-16-36-17-15-33/h2-5,8-11,21,26,31H,6-7,12-19H2,1H3,(H,30,34)(H,32,35). The minimum Gasteiger partial charge on any atom is -0.379 e. The summed E-state index contributed by atoms with van der Waals surface area (Å²) in [5.41, 5.74) is 4.66. The van der Waals surface area contributed by atoms with Crippen LogP contribution in [0.4, 0.5) is 0 Å². The number of rotatable bonds is 10. The van der Waals surface area contributed by atoms with Crippen molar-refractivity contribution >= 4 is 22.7 Å². The highest BCUT2D eigenvalue weighted by molar-refractivity contribution is 6.02. The minimum absolute atomic E-state index is 0.129. The van der Waals surface area contributed by atoms with E-state index >= 15 is 0 Å². The number of nitrogens with zero attached hydrogens (tertiary/aromatic N) is 1. The van der Waals surface area contributed by atoms with E-state index < -0.39 is 6.04 Å². The van der Waals surface area contributed by atoms with Gasteiger partial charge in [0.1, 0.15) is 11.7 Å². The molecule has 2 amide bonds. The molecule has 2 aliphatic rings. The van der Waals surface area contributed by atoms with E-state index in [0.717, 1.165) is 61.3 Å². The molecule has 3 aromatic rings. The number of para-hydroxylation sites is 1. The quantitative estimate of drug-likeness (QED) is 0.404. The Morgan fingerprint density at radius 2 is 1.78 bits per heavy atom. The number of nitrogens with one attached hydrogen (secondary N) is 3. The fourth-order valence-electron chi connectivity index (χ4n) is 4.91. The van der Waals surface area contributed by atoms with Crippen LogP contribution in [0.1, 0.15) is 52.9 Å². The third kappa shape index (κ3) is 6.15. The lowest BCUT2D eigenvalue weighted by Crippen LogP contribution is -2.46.